The summed E-state index contributed by atoms with van der Waals surface area (Å²) in [6.45, 7) is 10.2. The van der Waals surface area contributed by atoms with E-state index < -0.39 is 0 Å². The summed E-state index contributed by atoms with van der Waals surface area (Å²) in [5, 5.41) is 14.4. The molecule has 0 radical (unpaired) electrons. The van der Waals surface area contributed by atoms with Crippen molar-refractivity contribution in [1.82, 2.24) is 14.7 Å². The predicted molar refractivity (Wildman–Crippen MR) is 72.3 cm³/mol. The first-order chi connectivity index (χ1) is 8.63. The Hall–Kier alpha value is -0.870. The molecule has 4 heteroatoms. The van der Waals surface area contributed by atoms with Crippen molar-refractivity contribution >= 4 is 0 Å². The molecule has 0 saturated carbocycles. The normalized spacial score (nSPS) is 25.6. The Bertz CT molecular complexity index is 388. The molecule has 0 aliphatic carbocycles. The highest BCUT2D eigenvalue weighted by Gasteiger charge is 2.26. The van der Waals surface area contributed by atoms with Gasteiger partial charge in [-0.1, -0.05) is 6.92 Å². The van der Waals surface area contributed by atoms with Gasteiger partial charge in [0.2, 0.25) is 0 Å². The topological polar surface area (TPSA) is 41.3 Å². The van der Waals surface area contributed by atoms with Crippen molar-refractivity contribution in [3.05, 3.63) is 17.5 Å². The van der Waals surface area contributed by atoms with Crippen LogP contribution < -0.4 is 0 Å². The predicted octanol–water partition coefficient (Wildman–Crippen LogP) is 1.80. The van der Waals surface area contributed by atoms with Crippen LogP contribution in [0.15, 0.2) is 6.07 Å². The Kier molecular flexibility index (Phi) is 4.40. The van der Waals surface area contributed by atoms with Crippen molar-refractivity contribution in [1.29, 1.82) is 0 Å². The molecule has 0 amide bonds. The van der Waals surface area contributed by atoms with E-state index in [1.165, 1.54) is 5.69 Å². The van der Waals surface area contributed by atoms with Gasteiger partial charge in [0, 0.05) is 26.2 Å². The van der Waals surface area contributed by atoms with Gasteiger partial charge >= 0.3 is 0 Å². The molecule has 1 aliphatic heterocycles. The van der Waals surface area contributed by atoms with Crippen molar-refractivity contribution in [2.24, 2.45) is 5.92 Å². The highest BCUT2D eigenvalue weighted by molar-refractivity contribution is 5.09. The number of hydrogen-bond acceptors (Lipinski definition) is 3. The molecule has 0 bridgehead atoms. The molecule has 1 fully saturated rings. The van der Waals surface area contributed by atoms with Crippen molar-refractivity contribution in [3.63, 3.8) is 0 Å². The van der Waals surface area contributed by atoms with E-state index in [1.54, 1.807) is 0 Å². The lowest BCUT2D eigenvalue weighted by atomic mass is 9.92. The Labute approximate surface area is 110 Å². The van der Waals surface area contributed by atoms with Crippen LogP contribution in [0.25, 0.3) is 0 Å². The summed E-state index contributed by atoms with van der Waals surface area (Å²) in [5.41, 5.74) is 2.39. The van der Waals surface area contributed by atoms with Gasteiger partial charge in [0.05, 0.1) is 17.5 Å². The molecule has 2 heterocycles. The Morgan fingerprint density at radius 3 is 2.89 bits per heavy atom. The summed E-state index contributed by atoms with van der Waals surface area (Å²) in [5.74, 6) is 0.429. The minimum atomic E-state index is -0.107. The first-order valence-electron chi connectivity index (χ1n) is 7.07. The fraction of sp³-hybridized carbons (Fsp3) is 0.786. The first-order valence-corrected chi connectivity index (χ1v) is 7.07. The zero-order valence-electron chi connectivity index (χ0n) is 11.8. The maximum atomic E-state index is 9.91. The van der Waals surface area contributed by atoms with Crippen molar-refractivity contribution in [2.75, 3.05) is 13.1 Å². The van der Waals surface area contributed by atoms with Crippen LogP contribution >= 0.6 is 0 Å². The van der Waals surface area contributed by atoms with Crippen molar-refractivity contribution in [2.45, 2.75) is 52.8 Å². The zero-order chi connectivity index (χ0) is 13.1. The van der Waals surface area contributed by atoms with Gasteiger partial charge in [-0.3, -0.25) is 9.58 Å². The van der Waals surface area contributed by atoms with Crippen LogP contribution in [-0.4, -0.2) is 39.0 Å². The summed E-state index contributed by atoms with van der Waals surface area (Å²) >= 11 is 0. The SMILES string of the molecule is CCC1CN(Cc2cc(C)nn2CC)CCC1O. The zero-order valence-corrected chi connectivity index (χ0v) is 11.8. The van der Waals surface area contributed by atoms with Gasteiger partial charge in [0.25, 0.3) is 0 Å². The van der Waals surface area contributed by atoms with E-state index in [2.05, 4.69) is 34.6 Å². The number of likely N-dealkylation sites (tertiary alicyclic amines) is 1. The van der Waals surface area contributed by atoms with E-state index in [1.807, 2.05) is 6.92 Å². The van der Waals surface area contributed by atoms with Crippen molar-refractivity contribution in [3.8, 4) is 0 Å². The number of aliphatic hydroxyl groups is 1. The van der Waals surface area contributed by atoms with E-state index in [0.717, 1.165) is 44.7 Å². The molecule has 2 atom stereocenters. The van der Waals surface area contributed by atoms with Gasteiger partial charge in [-0.15, -0.1) is 0 Å². The lowest BCUT2D eigenvalue weighted by molar-refractivity contribution is 0.0213. The molecular formula is C14H25N3O. The fourth-order valence-electron chi connectivity index (χ4n) is 2.87. The van der Waals surface area contributed by atoms with Crippen LogP contribution in [0.5, 0.6) is 0 Å². The lowest BCUT2D eigenvalue weighted by Crippen LogP contribution is -2.42. The number of piperidine rings is 1. The van der Waals surface area contributed by atoms with Gasteiger partial charge in [-0.2, -0.15) is 5.10 Å². The maximum Gasteiger partial charge on any atom is 0.0597 e. The second-order valence-electron chi connectivity index (χ2n) is 5.35. The second-order valence-corrected chi connectivity index (χ2v) is 5.35. The molecule has 1 saturated heterocycles. The van der Waals surface area contributed by atoms with E-state index >= 15 is 0 Å². The first kappa shape index (κ1) is 13.6. The molecule has 1 N–H and O–H groups in total. The van der Waals surface area contributed by atoms with Gasteiger partial charge in [-0.05, 0) is 38.7 Å². The Morgan fingerprint density at radius 1 is 1.44 bits per heavy atom. The smallest absolute Gasteiger partial charge is 0.0597 e. The lowest BCUT2D eigenvalue weighted by Gasteiger charge is -2.35. The summed E-state index contributed by atoms with van der Waals surface area (Å²) in [7, 11) is 0. The average molecular weight is 251 g/mol. The van der Waals surface area contributed by atoms with Gasteiger partial charge in [0.1, 0.15) is 0 Å². The molecule has 2 rings (SSSR count). The minimum Gasteiger partial charge on any atom is -0.393 e. The van der Waals surface area contributed by atoms with Crippen LogP contribution in [0.2, 0.25) is 0 Å². The Balaban J connectivity index is 2.00. The largest absolute Gasteiger partial charge is 0.393 e. The van der Waals surface area contributed by atoms with E-state index in [9.17, 15) is 5.11 Å². The van der Waals surface area contributed by atoms with Crippen LogP contribution in [0, 0.1) is 12.8 Å². The number of aryl methyl sites for hydroxylation is 2. The number of aromatic nitrogens is 2. The Morgan fingerprint density at radius 2 is 2.22 bits per heavy atom. The molecule has 102 valence electrons. The highest BCUT2D eigenvalue weighted by Crippen LogP contribution is 2.21. The van der Waals surface area contributed by atoms with Crippen LogP contribution in [0.4, 0.5) is 0 Å². The molecule has 2 unspecified atom stereocenters. The quantitative estimate of drug-likeness (QED) is 0.887. The third-order valence-electron chi connectivity index (χ3n) is 3.97. The molecule has 1 aromatic rings. The second kappa shape index (κ2) is 5.85. The molecular weight excluding hydrogens is 226 g/mol. The summed E-state index contributed by atoms with van der Waals surface area (Å²) < 4.78 is 2.08. The maximum absolute atomic E-state index is 9.91. The van der Waals surface area contributed by atoms with Crippen LogP contribution in [0.3, 0.4) is 0 Å². The van der Waals surface area contributed by atoms with Gasteiger partial charge < -0.3 is 5.11 Å². The minimum absolute atomic E-state index is 0.107. The fourth-order valence-corrected chi connectivity index (χ4v) is 2.87. The molecule has 1 aliphatic rings. The molecule has 18 heavy (non-hydrogen) atoms. The molecule has 4 nitrogen and oxygen atoms in total. The summed E-state index contributed by atoms with van der Waals surface area (Å²) in [6.07, 6.45) is 1.85. The van der Waals surface area contributed by atoms with Gasteiger partial charge in [0.15, 0.2) is 0 Å². The number of hydrogen-bond donors (Lipinski definition) is 1. The summed E-state index contributed by atoms with van der Waals surface area (Å²) in [6, 6.07) is 2.18. The average Bonchev–Trinajstić information content (AvgIpc) is 2.72. The third kappa shape index (κ3) is 2.93. The highest BCUT2D eigenvalue weighted by atomic mass is 16.3. The van der Waals surface area contributed by atoms with E-state index in [4.69, 9.17) is 0 Å². The molecule has 1 aromatic heterocycles. The van der Waals surface area contributed by atoms with Crippen molar-refractivity contribution < 1.29 is 5.11 Å². The van der Waals surface area contributed by atoms with Crippen LogP contribution in [-0.2, 0) is 13.1 Å². The molecule has 0 aromatic carbocycles. The standard InChI is InChI=1S/C14H25N3O/c1-4-12-9-16(7-6-14(12)18)10-13-8-11(3)15-17(13)5-2/h8,12,14,18H,4-7,9-10H2,1-3H3. The number of nitrogens with zero attached hydrogens (tertiary/aromatic N) is 3. The number of rotatable bonds is 4. The monoisotopic (exact) mass is 251 g/mol. The van der Waals surface area contributed by atoms with Gasteiger partial charge in [-0.25, -0.2) is 0 Å². The van der Waals surface area contributed by atoms with E-state index in [0.29, 0.717) is 5.92 Å². The summed E-state index contributed by atoms with van der Waals surface area (Å²) in [4.78, 5) is 2.45. The molecule has 0 spiro atoms. The number of aliphatic hydroxyl groups excluding tert-OH is 1. The third-order valence-corrected chi connectivity index (χ3v) is 3.97. The van der Waals surface area contributed by atoms with E-state index in [-0.39, 0.29) is 6.10 Å². The van der Waals surface area contributed by atoms with Crippen LogP contribution in [0.1, 0.15) is 38.1 Å².